The van der Waals surface area contributed by atoms with Crippen molar-refractivity contribution < 1.29 is 36.2 Å². The van der Waals surface area contributed by atoms with E-state index < -0.39 is 46.3 Å². The highest BCUT2D eigenvalue weighted by molar-refractivity contribution is 5.90. The van der Waals surface area contributed by atoms with Crippen molar-refractivity contribution in [2.75, 3.05) is 18.5 Å². The maximum Gasteiger partial charge on any atom is 0.418 e. The smallest absolute Gasteiger partial charge is 0.418 e. The quantitative estimate of drug-likeness (QED) is 0.517. The summed E-state index contributed by atoms with van der Waals surface area (Å²) in [6, 6.07) is 1.76. The van der Waals surface area contributed by atoms with Gasteiger partial charge in [-0.05, 0) is 12.5 Å². The highest BCUT2D eigenvalue weighted by Gasteiger charge is 2.35. The third-order valence-corrected chi connectivity index (χ3v) is 4.57. The molecule has 3 heterocycles. The molecule has 0 radical (unpaired) electrons. The summed E-state index contributed by atoms with van der Waals surface area (Å²) >= 11 is 0. The summed E-state index contributed by atoms with van der Waals surface area (Å²) in [5.41, 5.74) is -1.44. The summed E-state index contributed by atoms with van der Waals surface area (Å²) in [6.45, 7) is 0.835. The number of urea groups is 1. The van der Waals surface area contributed by atoms with Crippen LogP contribution in [0.25, 0.3) is 11.0 Å². The molecular weight excluding hydrogens is 427 g/mol. The number of rotatable bonds is 4. The van der Waals surface area contributed by atoms with E-state index in [9.17, 15) is 26.7 Å². The van der Waals surface area contributed by atoms with Crippen molar-refractivity contribution in [1.29, 1.82) is 0 Å². The third kappa shape index (κ3) is 4.38. The number of aromatic amines is 1. The number of nitrogens with zero attached hydrogens (tertiary/aromatic N) is 1. The molecule has 1 saturated heterocycles. The highest BCUT2D eigenvalue weighted by Crippen LogP contribution is 2.40. The van der Waals surface area contributed by atoms with Gasteiger partial charge in [-0.2, -0.15) is 13.2 Å². The molecule has 1 atom stereocenters. The van der Waals surface area contributed by atoms with Crippen LogP contribution in [0.5, 0.6) is 11.5 Å². The number of carbonyl (C=O) groups is 1. The van der Waals surface area contributed by atoms with Crippen molar-refractivity contribution in [1.82, 2.24) is 15.3 Å². The minimum absolute atomic E-state index is 0.156. The van der Waals surface area contributed by atoms with Crippen LogP contribution in [-0.4, -0.2) is 35.3 Å². The van der Waals surface area contributed by atoms with Crippen molar-refractivity contribution in [3.8, 4) is 11.5 Å². The summed E-state index contributed by atoms with van der Waals surface area (Å²) in [6.07, 6.45) is -2.29. The van der Waals surface area contributed by atoms with Crippen LogP contribution < -0.4 is 15.4 Å². The molecule has 3 N–H and O–H groups in total. The number of alkyl halides is 3. The standard InChI is InChI=1S/C19H15F5N4O3/c20-12-5-10(28-18(29)27-9-2-4-30-8-9)6-13(21)16(12)31-14-1-3-25-17-15(14)11(7-26-17)19(22,23)24/h1,3,5-7,9H,2,4,8H2,(H,25,26)(H2,27,28,29)/t9-/m1/s1. The van der Waals surface area contributed by atoms with Gasteiger partial charge in [0.15, 0.2) is 17.4 Å². The number of H-pyrrole nitrogens is 1. The van der Waals surface area contributed by atoms with Crippen molar-refractivity contribution in [2.24, 2.45) is 0 Å². The van der Waals surface area contributed by atoms with Gasteiger partial charge in [-0.15, -0.1) is 0 Å². The first-order valence-corrected chi connectivity index (χ1v) is 9.08. The van der Waals surface area contributed by atoms with Crippen molar-refractivity contribution in [3.05, 3.63) is 47.8 Å². The molecule has 164 valence electrons. The highest BCUT2D eigenvalue weighted by atomic mass is 19.4. The van der Waals surface area contributed by atoms with Crippen LogP contribution in [0.2, 0.25) is 0 Å². The Kier molecular flexibility index (Phi) is 5.39. The number of pyridine rings is 1. The van der Waals surface area contributed by atoms with Crippen molar-refractivity contribution in [2.45, 2.75) is 18.6 Å². The van der Waals surface area contributed by atoms with E-state index in [0.717, 1.165) is 24.4 Å². The molecule has 3 aromatic rings. The van der Waals surface area contributed by atoms with E-state index in [1.807, 2.05) is 0 Å². The lowest BCUT2D eigenvalue weighted by molar-refractivity contribution is -0.136. The summed E-state index contributed by atoms with van der Waals surface area (Å²) in [4.78, 5) is 18.1. The van der Waals surface area contributed by atoms with Gasteiger partial charge in [0.05, 0.1) is 23.6 Å². The number of aromatic nitrogens is 2. The Hall–Kier alpha value is -3.41. The second-order valence-corrected chi connectivity index (χ2v) is 6.76. The molecule has 2 aromatic heterocycles. The van der Waals surface area contributed by atoms with E-state index >= 15 is 0 Å². The lowest BCUT2D eigenvalue weighted by Gasteiger charge is -2.14. The fourth-order valence-corrected chi connectivity index (χ4v) is 3.18. The SMILES string of the molecule is O=C(Nc1cc(F)c(Oc2ccnc3[nH]cc(C(F)(F)F)c23)c(F)c1)N[C@@H]1CCOC1. The minimum Gasteiger partial charge on any atom is -0.450 e. The van der Waals surface area contributed by atoms with Gasteiger partial charge in [-0.3, -0.25) is 0 Å². The fourth-order valence-electron chi connectivity index (χ4n) is 3.18. The zero-order valence-corrected chi connectivity index (χ0v) is 15.6. The van der Waals surface area contributed by atoms with E-state index in [0.29, 0.717) is 25.8 Å². The Balaban J connectivity index is 1.58. The largest absolute Gasteiger partial charge is 0.450 e. The number of benzene rings is 1. The summed E-state index contributed by atoms with van der Waals surface area (Å²) in [5, 5.41) is 4.42. The van der Waals surface area contributed by atoms with E-state index in [1.54, 1.807) is 0 Å². The number of hydrogen-bond acceptors (Lipinski definition) is 4. The topological polar surface area (TPSA) is 88.3 Å². The average molecular weight is 442 g/mol. The van der Waals surface area contributed by atoms with Crippen LogP contribution in [0, 0.1) is 11.6 Å². The van der Waals surface area contributed by atoms with Gasteiger partial charge in [0.25, 0.3) is 0 Å². The Morgan fingerprint density at radius 1 is 1.26 bits per heavy atom. The molecule has 1 aromatic carbocycles. The van der Waals surface area contributed by atoms with E-state index in [4.69, 9.17) is 9.47 Å². The molecule has 31 heavy (non-hydrogen) atoms. The number of fused-ring (bicyclic) bond motifs is 1. The normalized spacial score (nSPS) is 16.5. The zero-order chi connectivity index (χ0) is 22.2. The van der Waals surface area contributed by atoms with Gasteiger partial charge >= 0.3 is 12.2 Å². The monoisotopic (exact) mass is 442 g/mol. The lowest BCUT2D eigenvalue weighted by Crippen LogP contribution is -2.38. The first kappa shape index (κ1) is 20.8. The molecule has 2 amide bonds. The molecule has 1 aliphatic heterocycles. The zero-order valence-electron chi connectivity index (χ0n) is 15.6. The van der Waals surface area contributed by atoms with E-state index in [1.165, 1.54) is 0 Å². The molecule has 0 spiro atoms. The van der Waals surface area contributed by atoms with Gasteiger partial charge in [0, 0.05) is 36.8 Å². The van der Waals surface area contributed by atoms with Crippen molar-refractivity contribution in [3.63, 3.8) is 0 Å². The number of amides is 2. The number of nitrogens with one attached hydrogen (secondary N) is 3. The molecule has 0 saturated carbocycles. The summed E-state index contributed by atoms with van der Waals surface area (Å²) in [5.74, 6) is -3.78. The maximum atomic E-state index is 14.5. The molecule has 4 rings (SSSR count). The van der Waals surface area contributed by atoms with E-state index in [2.05, 4.69) is 20.6 Å². The molecule has 0 bridgehead atoms. The van der Waals surface area contributed by atoms with Crippen LogP contribution >= 0.6 is 0 Å². The lowest BCUT2D eigenvalue weighted by atomic mass is 10.2. The Morgan fingerprint density at radius 2 is 2.00 bits per heavy atom. The molecule has 1 fully saturated rings. The number of ether oxygens (including phenoxy) is 2. The number of carbonyl (C=O) groups excluding carboxylic acids is 1. The maximum absolute atomic E-state index is 14.5. The molecule has 0 aliphatic carbocycles. The molecule has 0 unspecified atom stereocenters. The molecular formula is C19H15F5N4O3. The number of hydrogen-bond donors (Lipinski definition) is 3. The Morgan fingerprint density at radius 3 is 2.65 bits per heavy atom. The summed E-state index contributed by atoms with van der Waals surface area (Å²) < 4.78 is 79.0. The van der Waals surface area contributed by atoms with Crippen LogP contribution in [0.1, 0.15) is 12.0 Å². The Bertz CT molecular complexity index is 1100. The molecule has 1 aliphatic rings. The van der Waals surface area contributed by atoms with Gasteiger partial charge in [0.1, 0.15) is 11.4 Å². The predicted octanol–water partition coefficient (Wildman–Crippen LogP) is 4.56. The number of halogens is 5. The van der Waals surface area contributed by atoms with Crippen LogP contribution in [0.4, 0.5) is 32.4 Å². The van der Waals surface area contributed by atoms with Gasteiger partial charge < -0.3 is 25.1 Å². The fraction of sp³-hybridized carbons (Fsp3) is 0.263. The molecule has 7 nitrogen and oxygen atoms in total. The van der Waals surface area contributed by atoms with Gasteiger partial charge in [0.2, 0.25) is 0 Å². The van der Waals surface area contributed by atoms with E-state index in [-0.39, 0.29) is 17.4 Å². The van der Waals surface area contributed by atoms with Crippen molar-refractivity contribution >= 4 is 22.8 Å². The van der Waals surface area contributed by atoms with Gasteiger partial charge in [-0.25, -0.2) is 18.6 Å². The van der Waals surface area contributed by atoms with Gasteiger partial charge in [-0.1, -0.05) is 0 Å². The average Bonchev–Trinajstić information content (AvgIpc) is 3.34. The predicted molar refractivity (Wildman–Crippen MR) is 98.9 cm³/mol. The Labute approximate surface area is 171 Å². The third-order valence-electron chi connectivity index (χ3n) is 4.57. The molecule has 12 heteroatoms. The first-order valence-electron chi connectivity index (χ1n) is 9.08. The van der Waals surface area contributed by atoms with Crippen LogP contribution in [-0.2, 0) is 10.9 Å². The summed E-state index contributed by atoms with van der Waals surface area (Å²) in [7, 11) is 0. The second kappa shape index (κ2) is 8.02. The van der Waals surface area contributed by atoms with Crippen LogP contribution in [0.3, 0.4) is 0 Å². The number of anilines is 1. The second-order valence-electron chi connectivity index (χ2n) is 6.76. The minimum atomic E-state index is -4.73. The van der Waals surface area contributed by atoms with Crippen LogP contribution in [0.15, 0.2) is 30.6 Å². The first-order chi connectivity index (χ1) is 14.7.